The number of hydrogen-bond acceptors (Lipinski definition) is 6. The third-order valence-corrected chi connectivity index (χ3v) is 6.99. The molecule has 1 aliphatic rings. The molecule has 10 heteroatoms. The minimum absolute atomic E-state index is 0.0722. The van der Waals surface area contributed by atoms with E-state index < -0.39 is 35.8 Å². The third kappa shape index (κ3) is 7.13. The molecule has 40 heavy (non-hydrogen) atoms. The van der Waals surface area contributed by atoms with Gasteiger partial charge in [0, 0.05) is 24.3 Å². The minimum atomic E-state index is -1.03. The van der Waals surface area contributed by atoms with Crippen molar-refractivity contribution < 1.29 is 28.4 Å². The van der Waals surface area contributed by atoms with Crippen LogP contribution in [0.1, 0.15) is 42.8 Å². The van der Waals surface area contributed by atoms with Gasteiger partial charge in [-0.3, -0.25) is 19.2 Å². The van der Waals surface area contributed by atoms with Crippen molar-refractivity contribution in [2.75, 3.05) is 6.54 Å². The Morgan fingerprint density at radius 2 is 1.73 bits per heavy atom. The predicted molar refractivity (Wildman–Crippen MR) is 148 cm³/mol. The first-order valence-corrected chi connectivity index (χ1v) is 13.4. The van der Waals surface area contributed by atoms with Crippen molar-refractivity contribution in [3.05, 3.63) is 72.0 Å². The lowest BCUT2D eigenvalue weighted by Crippen LogP contribution is -2.57. The van der Waals surface area contributed by atoms with Gasteiger partial charge in [-0.2, -0.15) is 0 Å². The molecule has 210 valence electrons. The summed E-state index contributed by atoms with van der Waals surface area (Å²) < 4.78 is 5.64. The highest BCUT2D eigenvalue weighted by atomic mass is 16.3. The first-order chi connectivity index (χ1) is 19.2. The monoisotopic (exact) mass is 546 g/mol. The van der Waals surface area contributed by atoms with Gasteiger partial charge < -0.3 is 30.5 Å². The summed E-state index contributed by atoms with van der Waals surface area (Å²) in [6.45, 7) is 4.10. The van der Waals surface area contributed by atoms with Gasteiger partial charge in [-0.1, -0.05) is 62.4 Å². The van der Waals surface area contributed by atoms with Gasteiger partial charge in [0.25, 0.3) is 5.91 Å². The van der Waals surface area contributed by atoms with Crippen molar-refractivity contribution in [2.24, 2.45) is 11.8 Å². The van der Waals surface area contributed by atoms with Crippen LogP contribution in [0.4, 0.5) is 0 Å². The van der Waals surface area contributed by atoms with Gasteiger partial charge in [-0.15, -0.1) is 0 Å². The fourth-order valence-corrected chi connectivity index (χ4v) is 4.77. The van der Waals surface area contributed by atoms with Gasteiger partial charge in [-0.25, -0.2) is 0 Å². The maximum Gasteiger partial charge on any atom is 0.287 e. The maximum absolute atomic E-state index is 13.4. The van der Waals surface area contributed by atoms with Gasteiger partial charge in [0.2, 0.25) is 17.7 Å². The molecule has 2 aromatic carbocycles. The summed E-state index contributed by atoms with van der Waals surface area (Å²) in [6.07, 6.45) is 1.53. The number of para-hydroxylation sites is 1. The van der Waals surface area contributed by atoms with E-state index in [4.69, 9.17) is 4.42 Å². The van der Waals surface area contributed by atoms with Gasteiger partial charge in [0.1, 0.15) is 24.0 Å². The van der Waals surface area contributed by atoms with Crippen LogP contribution >= 0.6 is 0 Å². The molecule has 0 saturated carbocycles. The molecular formula is C30H34N4O6. The number of furan rings is 1. The second-order valence-corrected chi connectivity index (χ2v) is 10.4. The lowest BCUT2D eigenvalue weighted by atomic mass is 9.98. The fourth-order valence-electron chi connectivity index (χ4n) is 4.77. The topological polar surface area (TPSA) is 147 Å². The molecule has 0 aliphatic carbocycles. The van der Waals surface area contributed by atoms with Crippen LogP contribution in [0, 0.1) is 11.8 Å². The molecule has 1 aliphatic heterocycles. The zero-order chi connectivity index (χ0) is 28.6. The fraction of sp³-hybridized carbons (Fsp3) is 0.367. The van der Waals surface area contributed by atoms with Crippen molar-refractivity contribution in [2.45, 2.75) is 51.2 Å². The average Bonchev–Trinajstić information content (AvgIpc) is 3.57. The molecule has 3 aromatic rings. The summed E-state index contributed by atoms with van der Waals surface area (Å²) in [5.74, 6) is -2.40. The quantitative estimate of drug-likeness (QED) is 0.256. The first kappa shape index (κ1) is 28.5. The van der Waals surface area contributed by atoms with Gasteiger partial charge >= 0.3 is 0 Å². The summed E-state index contributed by atoms with van der Waals surface area (Å²) in [6, 6.07) is 15.1. The highest BCUT2D eigenvalue weighted by Crippen LogP contribution is 2.19. The number of amides is 4. The van der Waals surface area contributed by atoms with Gasteiger partial charge in [0.05, 0.1) is 6.04 Å². The van der Waals surface area contributed by atoms with Crippen molar-refractivity contribution in [1.29, 1.82) is 0 Å². The largest absolute Gasteiger partial charge is 0.451 e. The Morgan fingerprint density at radius 3 is 2.38 bits per heavy atom. The van der Waals surface area contributed by atoms with Crippen molar-refractivity contribution in [3.8, 4) is 0 Å². The molecule has 0 unspecified atom stereocenters. The second-order valence-electron chi connectivity index (χ2n) is 10.4. The Hall–Kier alpha value is -4.47. The summed E-state index contributed by atoms with van der Waals surface area (Å²) in [7, 11) is 0. The number of carbonyl (C=O) groups is 5. The van der Waals surface area contributed by atoms with E-state index >= 15 is 0 Å². The number of benzene rings is 2. The summed E-state index contributed by atoms with van der Waals surface area (Å²) in [5, 5.41) is 11.7. The Balaban J connectivity index is 1.48. The molecule has 0 spiro atoms. The number of fused-ring (bicyclic) bond motifs is 1. The maximum atomic E-state index is 13.4. The molecule has 1 fully saturated rings. The Bertz CT molecular complexity index is 1340. The number of nitrogens with one attached hydrogen (secondary N) is 4. The second kappa shape index (κ2) is 13.1. The zero-order valence-corrected chi connectivity index (χ0v) is 22.5. The molecule has 1 aromatic heterocycles. The van der Waals surface area contributed by atoms with Crippen LogP contribution in [0.2, 0.25) is 0 Å². The lowest BCUT2D eigenvalue weighted by Gasteiger charge is -2.26. The van der Waals surface area contributed by atoms with E-state index in [1.165, 1.54) is 0 Å². The highest BCUT2D eigenvalue weighted by molar-refractivity contribution is 5.99. The number of carbonyl (C=O) groups excluding carboxylic acids is 5. The SMILES string of the molecule is CC(C)[C@H](NC(=O)c1cc2ccccc2o1)C(=O)N[C@@H](Cc1ccccc1)C(=O)N[C@H](C=O)C[C@@H]1CCNC1=O. The van der Waals surface area contributed by atoms with Crippen molar-refractivity contribution in [3.63, 3.8) is 0 Å². The Morgan fingerprint density at radius 1 is 1.00 bits per heavy atom. The van der Waals surface area contributed by atoms with E-state index in [0.717, 1.165) is 10.9 Å². The van der Waals surface area contributed by atoms with Crippen LogP contribution in [0.5, 0.6) is 0 Å². The summed E-state index contributed by atoms with van der Waals surface area (Å²) in [4.78, 5) is 63.5. The predicted octanol–water partition coefficient (Wildman–Crippen LogP) is 2.12. The molecule has 1 saturated heterocycles. The van der Waals surface area contributed by atoms with Crippen LogP contribution in [0.25, 0.3) is 11.0 Å². The van der Waals surface area contributed by atoms with E-state index in [-0.39, 0.29) is 36.3 Å². The Kier molecular flexibility index (Phi) is 9.31. The van der Waals surface area contributed by atoms with Crippen LogP contribution in [-0.4, -0.2) is 54.6 Å². The molecule has 0 radical (unpaired) electrons. The first-order valence-electron chi connectivity index (χ1n) is 13.4. The molecule has 0 bridgehead atoms. The van der Waals surface area contributed by atoms with Crippen LogP contribution in [0.3, 0.4) is 0 Å². The van der Waals surface area contributed by atoms with Gasteiger partial charge in [-0.05, 0) is 36.5 Å². The zero-order valence-electron chi connectivity index (χ0n) is 22.5. The number of hydrogen-bond donors (Lipinski definition) is 4. The van der Waals surface area contributed by atoms with Crippen molar-refractivity contribution >= 4 is 40.9 Å². The lowest BCUT2D eigenvalue weighted by molar-refractivity contribution is -0.131. The Labute approximate surface area is 232 Å². The van der Waals surface area contributed by atoms with E-state index in [9.17, 15) is 24.0 Å². The van der Waals surface area contributed by atoms with E-state index in [0.29, 0.717) is 24.8 Å². The normalized spacial score (nSPS) is 17.1. The molecule has 2 heterocycles. The highest BCUT2D eigenvalue weighted by Gasteiger charge is 2.32. The number of rotatable bonds is 12. The van der Waals surface area contributed by atoms with E-state index in [1.54, 1.807) is 32.0 Å². The van der Waals surface area contributed by atoms with Crippen LogP contribution in [0.15, 0.2) is 65.1 Å². The van der Waals surface area contributed by atoms with Crippen LogP contribution < -0.4 is 21.3 Å². The molecule has 4 rings (SSSR count). The molecular weight excluding hydrogens is 512 g/mol. The molecule has 10 nitrogen and oxygen atoms in total. The summed E-state index contributed by atoms with van der Waals surface area (Å²) >= 11 is 0. The molecule has 4 amide bonds. The average molecular weight is 547 g/mol. The molecule has 4 N–H and O–H groups in total. The van der Waals surface area contributed by atoms with E-state index in [2.05, 4.69) is 21.3 Å². The van der Waals surface area contributed by atoms with Crippen molar-refractivity contribution in [1.82, 2.24) is 21.3 Å². The van der Waals surface area contributed by atoms with E-state index in [1.807, 2.05) is 42.5 Å². The minimum Gasteiger partial charge on any atom is -0.451 e. The standard InChI is InChI=1S/C30H34N4O6/c1-18(2)26(34-29(38)25-16-20-10-6-7-11-24(20)40-25)30(39)33-23(14-19-8-4-3-5-9-19)28(37)32-22(17-35)15-21-12-13-31-27(21)36/h3-11,16-18,21-23,26H,12-15H2,1-2H3,(H,31,36)(H,32,37)(H,33,39)(H,34,38)/t21-,22-,23-,26-/m0/s1. The van der Waals surface area contributed by atoms with Crippen LogP contribution in [-0.2, 0) is 25.6 Å². The van der Waals surface area contributed by atoms with Gasteiger partial charge in [0.15, 0.2) is 5.76 Å². The molecule has 4 atom stereocenters. The third-order valence-electron chi connectivity index (χ3n) is 6.99. The summed E-state index contributed by atoms with van der Waals surface area (Å²) in [5.41, 5.74) is 1.35. The number of aldehydes is 1. The smallest absolute Gasteiger partial charge is 0.287 e.